The van der Waals surface area contributed by atoms with Crippen molar-refractivity contribution in [1.29, 1.82) is 0 Å². The van der Waals surface area contributed by atoms with E-state index in [2.05, 4.69) is 23.8 Å². The highest BCUT2D eigenvalue weighted by Gasteiger charge is 2.22. The Bertz CT molecular complexity index is 289. The van der Waals surface area contributed by atoms with Crippen molar-refractivity contribution in [3.05, 3.63) is 0 Å². The van der Waals surface area contributed by atoms with E-state index < -0.39 is 0 Å². The zero-order valence-electron chi connectivity index (χ0n) is 12.5. The summed E-state index contributed by atoms with van der Waals surface area (Å²) in [7, 11) is 0. The Labute approximate surface area is 122 Å². The standard InChI is InChI=1S/C15H29N3S/c1-3-16-15(17-10-9-12-7-8-12)18-13-5-4-6-14(11-13)19-2/h12-14H,3-11H2,1-2H3,(H2,16,17,18). The van der Waals surface area contributed by atoms with Gasteiger partial charge in [-0.15, -0.1) is 0 Å². The molecule has 0 aromatic carbocycles. The summed E-state index contributed by atoms with van der Waals surface area (Å²) in [6.07, 6.45) is 11.7. The first-order valence-corrected chi connectivity index (χ1v) is 9.18. The molecule has 2 fully saturated rings. The fourth-order valence-electron chi connectivity index (χ4n) is 2.77. The van der Waals surface area contributed by atoms with Gasteiger partial charge in [0.1, 0.15) is 0 Å². The molecule has 0 aromatic heterocycles. The number of rotatable bonds is 6. The highest BCUT2D eigenvalue weighted by Crippen LogP contribution is 2.32. The molecule has 0 amide bonds. The molecule has 0 heterocycles. The summed E-state index contributed by atoms with van der Waals surface area (Å²) in [5.41, 5.74) is 0. The second-order valence-electron chi connectivity index (χ2n) is 5.86. The molecule has 0 aromatic rings. The maximum Gasteiger partial charge on any atom is 0.191 e. The molecule has 0 saturated heterocycles. The lowest BCUT2D eigenvalue weighted by molar-refractivity contribution is 0.419. The number of thioether (sulfide) groups is 1. The van der Waals surface area contributed by atoms with Crippen LogP contribution in [0.15, 0.2) is 4.99 Å². The first-order valence-electron chi connectivity index (χ1n) is 7.89. The second-order valence-corrected chi connectivity index (χ2v) is 7.00. The van der Waals surface area contributed by atoms with Gasteiger partial charge in [0.2, 0.25) is 0 Å². The van der Waals surface area contributed by atoms with Gasteiger partial charge in [0, 0.05) is 24.4 Å². The molecule has 2 unspecified atom stereocenters. The number of aliphatic imine (C=N–C) groups is 1. The number of nitrogens with zero attached hydrogens (tertiary/aromatic N) is 1. The summed E-state index contributed by atoms with van der Waals surface area (Å²) in [4.78, 5) is 4.73. The molecule has 2 saturated carbocycles. The van der Waals surface area contributed by atoms with Gasteiger partial charge in [-0.05, 0) is 44.8 Å². The molecule has 2 rings (SSSR count). The summed E-state index contributed by atoms with van der Waals surface area (Å²) >= 11 is 2.02. The number of nitrogens with one attached hydrogen (secondary N) is 2. The molecule has 110 valence electrons. The first kappa shape index (κ1) is 15.0. The molecule has 0 radical (unpaired) electrons. The van der Waals surface area contributed by atoms with Gasteiger partial charge in [-0.3, -0.25) is 4.99 Å². The average Bonchev–Trinajstić information content (AvgIpc) is 3.23. The quantitative estimate of drug-likeness (QED) is 0.581. The molecular weight excluding hydrogens is 254 g/mol. The van der Waals surface area contributed by atoms with Gasteiger partial charge in [-0.25, -0.2) is 0 Å². The van der Waals surface area contributed by atoms with Crippen LogP contribution in [0.25, 0.3) is 0 Å². The van der Waals surface area contributed by atoms with Gasteiger partial charge in [-0.1, -0.05) is 19.3 Å². The zero-order chi connectivity index (χ0) is 13.5. The molecule has 2 aliphatic rings. The molecule has 0 aliphatic heterocycles. The first-order chi connectivity index (χ1) is 9.31. The molecule has 2 aliphatic carbocycles. The molecule has 0 bridgehead atoms. The molecule has 0 spiro atoms. The van der Waals surface area contributed by atoms with Crippen LogP contribution in [0.5, 0.6) is 0 Å². The minimum Gasteiger partial charge on any atom is -0.357 e. The number of hydrogen-bond acceptors (Lipinski definition) is 2. The second kappa shape index (κ2) is 8.03. The summed E-state index contributed by atoms with van der Waals surface area (Å²) in [5, 5.41) is 7.86. The predicted octanol–water partition coefficient (Wildman–Crippen LogP) is 3.02. The summed E-state index contributed by atoms with van der Waals surface area (Å²) < 4.78 is 0. The number of hydrogen-bond donors (Lipinski definition) is 2. The fraction of sp³-hybridized carbons (Fsp3) is 0.933. The van der Waals surface area contributed by atoms with Crippen molar-refractivity contribution in [3.63, 3.8) is 0 Å². The summed E-state index contributed by atoms with van der Waals surface area (Å²) in [6.45, 7) is 4.08. The third kappa shape index (κ3) is 5.64. The summed E-state index contributed by atoms with van der Waals surface area (Å²) in [6, 6.07) is 0.616. The highest BCUT2D eigenvalue weighted by atomic mass is 32.2. The van der Waals surface area contributed by atoms with Crippen LogP contribution in [0, 0.1) is 5.92 Å². The molecule has 19 heavy (non-hydrogen) atoms. The Morgan fingerprint density at radius 3 is 2.79 bits per heavy atom. The molecule has 4 heteroatoms. The van der Waals surface area contributed by atoms with E-state index in [4.69, 9.17) is 4.99 Å². The van der Waals surface area contributed by atoms with Crippen LogP contribution in [0.2, 0.25) is 0 Å². The van der Waals surface area contributed by atoms with E-state index in [1.807, 2.05) is 11.8 Å². The Kier molecular flexibility index (Phi) is 6.35. The van der Waals surface area contributed by atoms with Crippen LogP contribution in [0.1, 0.15) is 51.9 Å². The van der Waals surface area contributed by atoms with E-state index in [9.17, 15) is 0 Å². The van der Waals surface area contributed by atoms with E-state index >= 15 is 0 Å². The maximum atomic E-state index is 4.73. The fourth-order valence-corrected chi connectivity index (χ4v) is 3.60. The van der Waals surface area contributed by atoms with Crippen molar-refractivity contribution in [3.8, 4) is 0 Å². The smallest absolute Gasteiger partial charge is 0.191 e. The van der Waals surface area contributed by atoms with Gasteiger partial charge in [-0.2, -0.15) is 11.8 Å². The van der Waals surface area contributed by atoms with Gasteiger partial charge in [0.05, 0.1) is 0 Å². The Morgan fingerprint density at radius 2 is 2.11 bits per heavy atom. The molecule has 3 nitrogen and oxygen atoms in total. The largest absolute Gasteiger partial charge is 0.357 e. The van der Waals surface area contributed by atoms with Crippen molar-refractivity contribution < 1.29 is 0 Å². The minimum absolute atomic E-state index is 0.616. The monoisotopic (exact) mass is 283 g/mol. The Hall–Kier alpha value is -0.380. The molecule has 2 N–H and O–H groups in total. The van der Waals surface area contributed by atoms with Gasteiger partial charge in [0.25, 0.3) is 0 Å². The van der Waals surface area contributed by atoms with Crippen LogP contribution in [0.4, 0.5) is 0 Å². The van der Waals surface area contributed by atoms with Gasteiger partial charge >= 0.3 is 0 Å². The predicted molar refractivity (Wildman–Crippen MR) is 86.0 cm³/mol. The normalized spacial score (nSPS) is 28.2. The maximum absolute atomic E-state index is 4.73. The van der Waals surface area contributed by atoms with Crippen molar-refractivity contribution in [2.75, 3.05) is 19.3 Å². The van der Waals surface area contributed by atoms with Crippen molar-refractivity contribution >= 4 is 17.7 Å². The lowest BCUT2D eigenvalue weighted by atomic mass is 9.95. The van der Waals surface area contributed by atoms with E-state index in [0.717, 1.165) is 30.2 Å². The van der Waals surface area contributed by atoms with Crippen LogP contribution in [0.3, 0.4) is 0 Å². The Balaban J connectivity index is 1.76. The topological polar surface area (TPSA) is 36.4 Å². The van der Waals surface area contributed by atoms with Crippen molar-refractivity contribution in [2.45, 2.75) is 63.2 Å². The van der Waals surface area contributed by atoms with E-state index in [1.54, 1.807) is 0 Å². The van der Waals surface area contributed by atoms with Crippen LogP contribution in [-0.4, -0.2) is 36.6 Å². The van der Waals surface area contributed by atoms with Gasteiger partial charge in [0.15, 0.2) is 5.96 Å². The average molecular weight is 283 g/mol. The zero-order valence-corrected chi connectivity index (χ0v) is 13.3. The lowest BCUT2D eigenvalue weighted by Crippen LogP contribution is -2.45. The molecular formula is C15H29N3S. The van der Waals surface area contributed by atoms with E-state index in [0.29, 0.717) is 6.04 Å². The summed E-state index contributed by atoms with van der Waals surface area (Å²) in [5.74, 6) is 2.01. The van der Waals surface area contributed by atoms with Crippen LogP contribution >= 0.6 is 11.8 Å². The van der Waals surface area contributed by atoms with Crippen molar-refractivity contribution in [2.24, 2.45) is 10.9 Å². The number of guanidine groups is 1. The van der Waals surface area contributed by atoms with Crippen LogP contribution < -0.4 is 10.6 Å². The minimum atomic E-state index is 0.616. The highest BCUT2D eigenvalue weighted by molar-refractivity contribution is 7.99. The van der Waals surface area contributed by atoms with E-state index in [1.165, 1.54) is 44.9 Å². The van der Waals surface area contributed by atoms with Crippen LogP contribution in [-0.2, 0) is 0 Å². The SMILES string of the molecule is CCNC(=NCCC1CC1)NC1CCCC(SC)C1. The van der Waals surface area contributed by atoms with E-state index in [-0.39, 0.29) is 0 Å². The Morgan fingerprint density at radius 1 is 1.26 bits per heavy atom. The third-order valence-electron chi connectivity index (χ3n) is 4.15. The molecule has 2 atom stereocenters. The lowest BCUT2D eigenvalue weighted by Gasteiger charge is -2.29. The van der Waals surface area contributed by atoms with Gasteiger partial charge < -0.3 is 10.6 Å². The van der Waals surface area contributed by atoms with Crippen molar-refractivity contribution in [1.82, 2.24) is 10.6 Å². The third-order valence-corrected chi connectivity index (χ3v) is 5.24.